The summed E-state index contributed by atoms with van der Waals surface area (Å²) >= 11 is 0. The Kier molecular flexibility index (Phi) is 12.5. The molecular weight excluding hydrogens is 484 g/mol. The fourth-order valence-electron chi connectivity index (χ4n) is 3.48. The molecular formula is C25H38N4O8. The van der Waals surface area contributed by atoms with E-state index in [1.54, 1.807) is 32.9 Å². The molecule has 1 rings (SSSR count). The highest BCUT2D eigenvalue weighted by Gasteiger charge is 2.33. The van der Waals surface area contributed by atoms with Crippen LogP contribution >= 0.6 is 0 Å². The van der Waals surface area contributed by atoms with Crippen LogP contribution in [-0.2, 0) is 30.4 Å². The number of rotatable bonds is 15. The van der Waals surface area contributed by atoms with Crippen molar-refractivity contribution < 1.29 is 39.3 Å². The van der Waals surface area contributed by atoms with E-state index in [9.17, 15) is 34.2 Å². The summed E-state index contributed by atoms with van der Waals surface area (Å²) in [5.74, 6) is -5.15. The van der Waals surface area contributed by atoms with E-state index in [-0.39, 0.29) is 30.9 Å². The third-order valence-corrected chi connectivity index (χ3v) is 6.04. The summed E-state index contributed by atoms with van der Waals surface area (Å²) < 4.78 is 0. The number of phenols is 1. The van der Waals surface area contributed by atoms with Gasteiger partial charge in [-0.2, -0.15) is 0 Å². The Balaban J connectivity index is 2.97. The molecule has 0 heterocycles. The standard InChI is InChI=1S/C25H38N4O8/c1-5-14(4)21(29-22(33)17(26)10-11-19(31)32)24(35)28-20(13(2)3)23(34)27-18(25(36)37)12-15-6-8-16(30)9-7-15/h6-9,13-14,17-18,20-21,30H,5,10-12,26H2,1-4H3,(H,27,34)(H,28,35)(H,29,33)(H,31,32)(H,36,37). The van der Waals surface area contributed by atoms with Gasteiger partial charge in [0.25, 0.3) is 0 Å². The van der Waals surface area contributed by atoms with Crippen molar-refractivity contribution in [3.05, 3.63) is 29.8 Å². The molecule has 0 aliphatic carbocycles. The largest absolute Gasteiger partial charge is 0.508 e. The fourth-order valence-corrected chi connectivity index (χ4v) is 3.48. The molecule has 0 spiro atoms. The molecule has 37 heavy (non-hydrogen) atoms. The number of phenolic OH excluding ortho intramolecular Hbond substituents is 1. The lowest BCUT2D eigenvalue weighted by Gasteiger charge is -2.29. The lowest BCUT2D eigenvalue weighted by Crippen LogP contribution is -2.60. The Morgan fingerprint density at radius 3 is 1.89 bits per heavy atom. The zero-order chi connectivity index (χ0) is 28.3. The predicted molar refractivity (Wildman–Crippen MR) is 134 cm³/mol. The number of aromatic hydroxyl groups is 1. The van der Waals surface area contributed by atoms with Crippen LogP contribution < -0.4 is 21.7 Å². The van der Waals surface area contributed by atoms with Crippen molar-refractivity contribution in [3.8, 4) is 5.75 Å². The number of nitrogens with two attached hydrogens (primary N) is 1. The Morgan fingerprint density at radius 1 is 0.865 bits per heavy atom. The minimum atomic E-state index is -1.28. The average Bonchev–Trinajstić information content (AvgIpc) is 2.83. The Morgan fingerprint density at radius 2 is 1.41 bits per heavy atom. The summed E-state index contributed by atoms with van der Waals surface area (Å²) in [6.45, 7) is 6.91. The van der Waals surface area contributed by atoms with Gasteiger partial charge in [-0.25, -0.2) is 4.79 Å². The lowest BCUT2D eigenvalue weighted by atomic mass is 9.95. The van der Waals surface area contributed by atoms with Crippen molar-refractivity contribution in [2.24, 2.45) is 17.6 Å². The van der Waals surface area contributed by atoms with E-state index in [1.807, 2.05) is 6.92 Å². The Labute approximate surface area is 216 Å². The van der Waals surface area contributed by atoms with E-state index in [0.717, 1.165) is 0 Å². The van der Waals surface area contributed by atoms with Crippen LogP contribution in [0.3, 0.4) is 0 Å². The average molecular weight is 523 g/mol. The highest BCUT2D eigenvalue weighted by Crippen LogP contribution is 2.13. The van der Waals surface area contributed by atoms with Gasteiger partial charge in [0.15, 0.2) is 0 Å². The molecule has 12 heteroatoms. The first-order valence-electron chi connectivity index (χ1n) is 12.2. The Bertz CT molecular complexity index is 951. The number of nitrogens with one attached hydrogen (secondary N) is 3. The van der Waals surface area contributed by atoms with Gasteiger partial charge in [0.2, 0.25) is 17.7 Å². The summed E-state index contributed by atoms with van der Waals surface area (Å²) in [7, 11) is 0. The third-order valence-electron chi connectivity index (χ3n) is 6.04. The minimum Gasteiger partial charge on any atom is -0.508 e. The van der Waals surface area contributed by atoms with Gasteiger partial charge in [0.1, 0.15) is 23.9 Å². The van der Waals surface area contributed by atoms with Gasteiger partial charge in [-0.3, -0.25) is 19.2 Å². The number of hydrogen-bond donors (Lipinski definition) is 7. The van der Waals surface area contributed by atoms with Crippen molar-refractivity contribution in [1.82, 2.24) is 16.0 Å². The maximum Gasteiger partial charge on any atom is 0.326 e. The highest BCUT2D eigenvalue weighted by atomic mass is 16.4. The van der Waals surface area contributed by atoms with Crippen LogP contribution in [0, 0.1) is 11.8 Å². The van der Waals surface area contributed by atoms with Crippen molar-refractivity contribution >= 4 is 29.7 Å². The van der Waals surface area contributed by atoms with Crippen LogP contribution in [0.2, 0.25) is 0 Å². The number of benzene rings is 1. The SMILES string of the molecule is CCC(C)C(NC(=O)C(N)CCC(=O)O)C(=O)NC(C(=O)NC(Cc1ccc(O)cc1)C(=O)O)C(C)C. The molecule has 3 amide bonds. The third kappa shape index (κ3) is 10.5. The van der Waals surface area contributed by atoms with Gasteiger partial charge in [-0.15, -0.1) is 0 Å². The monoisotopic (exact) mass is 522 g/mol. The predicted octanol–water partition coefficient (Wildman–Crippen LogP) is 0.368. The van der Waals surface area contributed by atoms with Crippen LogP contribution in [0.15, 0.2) is 24.3 Å². The van der Waals surface area contributed by atoms with E-state index in [0.29, 0.717) is 12.0 Å². The van der Waals surface area contributed by atoms with Gasteiger partial charge in [0.05, 0.1) is 6.04 Å². The number of carboxylic acids is 2. The zero-order valence-electron chi connectivity index (χ0n) is 21.6. The molecule has 1 aromatic carbocycles. The van der Waals surface area contributed by atoms with Gasteiger partial charge >= 0.3 is 11.9 Å². The molecule has 0 saturated heterocycles. The first-order valence-corrected chi connectivity index (χ1v) is 12.2. The molecule has 1 aromatic rings. The van der Waals surface area contributed by atoms with Crippen molar-refractivity contribution in [2.75, 3.05) is 0 Å². The summed E-state index contributed by atoms with van der Waals surface area (Å²) in [5.41, 5.74) is 6.35. The number of carbonyl (C=O) groups excluding carboxylic acids is 3. The molecule has 12 nitrogen and oxygen atoms in total. The van der Waals surface area contributed by atoms with Crippen LogP contribution in [0.1, 0.15) is 52.5 Å². The quantitative estimate of drug-likeness (QED) is 0.169. The van der Waals surface area contributed by atoms with Crippen molar-refractivity contribution in [3.63, 3.8) is 0 Å². The second kappa shape index (κ2) is 14.8. The van der Waals surface area contributed by atoms with Crippen molar-refractivity contribution in [1.29, 1.82) is 0 Å². The maximum atomic E-state index is 13.1. The highest BCUT2D eigenvalue weighted by molar-refractivity contribution is 5.94. The molecule has 8 N–H and O–H groups in total. The summed E-state index contributed by atoms with van der Waals surface area (Å²) in [4.78, 5) is 61.2. The smallest absolute Gasteiger partial charge is 0.326 e. The molecule has 206 valence electrons. The van der Waals surface area contributed by atoms with Gasteiger partial charge in [0, 0.05) is 12.8 Å². The molecule has 0 fully saturated rings. The van der Waals surface area contributed by atoms with E-state index < -0.39 is 59.7 Å². The van der Waals surface area contributed by atoms with Crippen LogP contribution in [0.25, 0.3) is 0 Å². The number of carboxylic acid groups (broad SMARTS) is 2. The fraction of sp³-hybridized carbons (Fsp3) is 0.560. The zero-order valence-corrected chi connectivity index (χ0v) is 21.6. The molecule has 0 aliphatic heterocycles. The first kappa shape index (κ1) is 31.4. The van der Waals surface area contributed by atoms with Crippen LogP contribution in [-0.4, -0.2) is 69.1 Å². The molecule has 5 unspecified atom stereocenters. The Hall–Kier alpha value is -3.67. The summed E-state index contributed by atoms with van der Waals surface area (Å²) in [6, 6.07) is 1.34. The second-order valence-electron chi connectivity index (χ2n) is 9.41. The molecule has 5 atom stereocenters. The summed E-state index contributed by atoms with van der Waals surface area (Å²) in [6.07, 6.45) is 0.0544. The summed E-state index contributed by atoms with van der Waals surface area (Å²) in [5, 5.41) is 35.5. The van der Waals surface area contributed by atoms with E-state index >= 15 is 0 Å². The minimum absolute atomic E-state index is 0.0213. The lowest BCUT2D eigenvalue weighted by molar-refractivity contribution is -0.142. The molecule has 0 saturated carbocycles. The van der Waals surface area contributed by atoms with Crippen molar-refractivity contribution in [2.45, 2.75) is 77.5 Å². The normalized spacial score (nSPS) is 15.1. The van der Waals surface area contributed by atoms with E-state index in [1.165, 1.54) is 12.1 Å². The molecule has 0 aliphatic rings. The second-order valence-corrected chi connectivity index (χ2v) is 9.41. The topological polar surface area (TPSA) is 208 Å². The van der Waals surface area contributed by atoms with E-state index in [2.05, 4.69) is 16.0 Å². The van der Waals surface area contributed by atoms with Gasteiger partial charge in [-0.05, 0) is 36.0 Å². The number of hydrogen-bond acceptors (Lipinski definition) is 7. The molecule has 0 bridgehead atoms. The van der Waals surface area contributed by atoms with Gasteiger partial charge < -0.3 is 37.0 Å². The first-order chi connectivity index (χ1) is 17.3. The van der Waals surface area contributed by atoms with Gasteiger partial charge in [-0.1, -0.05) is 46.2 Å². The maximum absolute atomic E-state index is 13.1. The number of aliphatic carboxylic acids is 2. The molecule has 0 radical (unpaired) electrons. The van der Waals surface area contributed by atoms with Crippen LogP contribution in [0.5, 0.6) is 5.75 Å². The van der Waals surface area contributed by atoms with E-state index in [4.69, 9.17) is 10.8 Å². The number of amides is 3. The number of carbonyl (C=O) groups is 5. The molecule has 0 aromatic heterocycles. The van der Waals surface area contributed by atoms with Crippen LogP contribution in [0.4, 0.5) is 0 Å².